The summed E-state index contributed by atoms with van der Waals surface area (Å²) in [6.45, 7) is 0. The Labute approximate surface area is 169 Å². The number of nitrogens with zero attached hydrogens (tertiary/aromatic N) is 6. The van der Waals surface area contributed by atoms with Gasteiger partial charge in [0.15, 0.2) is 5.82 Å². The number of hydrogen-bond acceptors (Lipinski definition) is 6. The van der Waals surface area contributed by atoms with Crippen LogP contribution in [0.15, 0.2) is 48.9 Å². The van der Waals surface area contributed by atoms with Crippen molar-refractivity contribution < 1.29 is 0 Å². The molecule has 0 aromatic carbocycles. The summed E-state index contributed by atoms with van der Waals surface area (Å²) in [5.74, 6) is 0.722. The molecule has 2 N–H and O–H groups in total. The molecule has 0 bridgehead atoms. The van der Waals surface area contributed by atoms with Crippen LogP contribution >= 0.6 is 0 Å². The van der Waals surface area contributed by atoms with E-state index in [-0.39, 0.29) is 0 Å². The molecule has 148 valence electrons. The van der Waals surface area contributed by atoms with Crippen molar-refractivity contribution in [3.05, 3.63) is 54.7 Å². The molecule has 0 saturated heterocycles. The normalized spacial score (nSPS) is 22.6. The van der Waals surface area contributed by atoms with Gasteiger partial charge in [0, 0.05) is 24.0 Å². The Bertz CT molecular complexity index is 1170. The van der Waals surface area contributed by atoms with Gasteiger partial charge in [0.05, 0.1) is 34.0 Å². The van der Waals surface area contributed by atoms with Crippen LogP contribution in [0.4, 0.5) is 0 Å². The minimum absolute atomic E-state index is 0.460. The summed E-state index contributed by atoms with van der Waals surface area (Å²) in [6.07, 6.45) is 9.54. The highest BCUT2D eigenvalue weighted by Gasteiger charge is 2.36. The summed E-state index contributed by atoms with van der Waals surface area (Å²) in [6, 6.07) is 10.5. The zero-order chi connectivity index (χ0) is 20.0. The van der Waals surface area contributed by atoms with Gasteiger partial charge in [-0.15, -0.1) is 0 Å². The zero-order valence-electron chi connectivity index (χ0n) is 16.8. The average molecular weight is 387 g/mol. The first-order valence-electron chi connectivity index (χ1n) is 10.1. The lowest BCUT2D eigenvalue weighted by Crippen LogP contribution is -2.46. The fourth-order valence-corrected chi connectivity index (χ4v) is 4.31. The van der Waals surface area contributed by atoms with Gasteiger partial charge in [0.1, 0.15) is 0 Å². The molecule has 7 nitrogen and oxygen atoms in total. The van der Waals surface area contributed by atoms with E-state index >= 15 is 0 Å². The Morgan fingerprint density at radius 1 is 1.07 bits per heavy atom. The second kappa shape index (κ2) is 6.86. The molecule has 0 unspecified atom stereocenters. The van der Waals surface area contributed by atoms with E-state index in [1.54, 1.807) is 6.20 Å². The lowest BCUT2D eigenvalue weighted by atomic mass is 9.79. The van der Waals surface area contributed by atoms with Gasteiger partial charge in [-0.05, 0) is 70.1 Å². The summed E-state index contributed by atoms with van der Waals surface area (Å²) < 4.78 is 1.87. The van der Waals surface area contributed by atoms with Crippen LogP contribution in [0.3, 0.4) is 0 Å². The largest absolute Gasteiger partial charge is 0.319 e. The Morgan fingerprint density at radius 2 is 1.90 bits per heavy atom. The third-order valence-electron chi connectivity index (χ3n) is 6.17. The lowest BCUT2D eigenvalue weighted by molar-refractivity contribution is 0.167. The maximum atomic E-state index is 6.74. The van der Waals surface area contributed by atoms with Gasteiger partial charge in [-0.25, -0.2) is 14.5 Å². The van der Waals surface area contributed by atoms with Crippen molar-refractivity contribution in [2.45, 2.75) is 37.3 Å². The highest BCUT2D eigenvalue weighted by Crippen LogP contribution is 2.35. The summed E-state index contributed by atoms with van der Waals surface area (Å²) in [5.41, 5.74) is 10.9. The van der Waals surface area contributed by atoms with Crippen molar-refractivity contribution in [2.24, 2.45) is 5.73 Å². The standard InChI is InChI=1S/C22H25N7/c1-28(2)15-7-10-22(23,11-8-15)21-25-14-20-16(9-13-29(20)27-21)17-5-6-18-19(26-17)4-3-12-24-18/h3-6,9,12-15H,7-8,10-11,23H2,1-2H3. The van der Waals surface area contributed by atoms with Crippen LogP contribution in [0, 0.1) is 0 Å². The summed E-state index contributed by atoms with van der Waals surface area (Å²) in [5, 5.41) is 4.78. The molecule has 1 fully saturated rings. The molecule has 1 saturated carbocycles. The van der Waals surface area contributed by atoms with Gasteiger partial charge >= 0.3 is 0 Å². The summed E-state index contributed by atoms with van der Waals surface area (Å²) in [7, 11) is 4.27. The summed E-state index contributed by atoms with van der Waals surface area (Å²) >= 11 is 0. The monoisotopic (exact) mass is 387 g/mol. The van der Waals surface area contributed by atoms with Gasteiger partial charge in [-0.1, -0.05) is 0 Å². The fraction of sp³-hybridized carbons (Fsp3) is 0.364. The fourth-order valence-electron chi connectivity index (χ4n) is 4.31. The second-order valence-electron chi connectivity index (χ2n) is 8.23. The molecule has 1 aliphatic carbocycles. The van der Waals surface area contributed by atoms with Crippen LogP contribution in [0.1, 0.15) is 31.5 Å². The Morgan fingerprint density at radius 3 is 2.69 bits per heavy atom. The third kappa shape index (κ3) is 3.16. The first-order chi connectivity index (χ1) is 14.0. The molecule has 0 radical (unpaired) electrons. The number of fused-ring (bicyclic) bond motifs is 2. The molecule has 4 aromatic heterocycles. The lowest BCUT2D eigenvalue weighted by Gasteiger charge is -2.38. The van der Waals surface area contributed by atoms with E-state index in [0.29, 0.717) is 6.04 Å². The van der Waals surface area contributed by atoms with E-state index in [0.717, 1.165) is 59.3 Å². The van der Waals surface area contributed by atoms with Crippen LogP contribution in [0.2, 0.25) is 0 Å². The van der Waals surface area contributed by atoms with E-state index in [9.17, 15) is 0 Å². The van der Waals surface area contributed by atoms with E-state index < -0.39 is 5.54 Å². The molecular weight excluding hydrogens is 362 g/mol. The molecule has 0 aliphatic heterocycles. The summed E-state index contributed by atoms with van der Waals surface area (Å²) in [4.78, 5) is 16.1. The Balaban J connectivity index is 1.48. The van der Waals surface area contributed by atoms with E-state index in [1.807, 2.05) is 47.2 Å². The highest BCUT2D eigenvalue weighted by atomic mass is 15.3. The maximum absolute atomic E-state index is 6.74. The quantitative estimate of drug-likeness (QED) is 0.582. The molecule has 4 heterocycles. The first kappa shape index (κ1) is 18.1. The minimum Gasteiger partial charge on any atom is -0.319 e. The molecular formula is C22H25N7. The minimum atomic E-state index is -0.460. The van der Waals surface area contributed by atoms with Crippen molar-refractivity contribution >= 4 is 16.6 Å². The molecule has 4 aromatic rings. The molecule has 7 heteroatoms. The smallest absolute Gasteiger partial charge is 0.169 e. The molecule has 29 heavy (non-hydrogen) atoms. The molecule has 0 atom stereocenters. The number of hydrogen-bond donors (Lipinski definition) is 1. The van der Waals surface area contributed by atoms with Crippen molar-refractivity contribution in [2.75, 3.05) is 14.1 Å². The number of aromatic nitrogens is 5. The van der Waals surface area contributed by atoms with Crippen molar-refractivity contribution in [1.29, 1.82) is 0 Å². The number of nitrogens with two attached hydrogens (primary N) is 1. The molecule has 1 aliphatic rings. The van der Waals surface area contributed by atoms with Gasteiger partial charge in [0.25, 0.3) is 0 Å². The number of rotatable bonds is 3. The zero-order valence-corrected chi connectivity index (χ0v) is 16.8. The predicted molar refractivity (Wildman–Crippen MR) is 113 cm³/mol. The van der Waals surface area contributed by atoms with Crippen LogP contribution < -0.4 is 5.73 Å². The molecule has 0 amide bonds. The predicted octanol–water partition coefficient (Wildman–Crippen LogP) is 3.00. The van der Waals surface area contributed by atoms with Crippen LogP contribution in [0.25, 0.3) is 27.8 Å². The van der Waals surface area contributed by atoms with Gasteiger partial charge in [-0.3, -0.25) is 4.98 Å². The average Bonchev–Trinajstić information content (AvgIpc) is 3.17. The van der Waals surface area contributed by atoms with Crippen molar-refractivity contribution in [1.82, 2.24) is 29.5 Å². The van der Waals surface area contributed by atoms with Gasteiger partial charge in [0.2, 0.25) is 0 Å². The van der Waals surface area contributed by atoms with Crippen LogP contribution in [-0.4, -0.2) is 49.6 Å². The van der Waals surface area contributed by atoms with E-state index in [2.05, 4.69) is 29.0 Å². The SMILES string of the molecule is CN(C)C1CCC(N)(c2ncc3c(-c4ccc5ncccc5n4)ccn3n2)CC1. The Kier molecular flexibility index (Phi) is 4.29. The van der Waals surface area contributed by atoms with E-state index in [1.165, 1.54) is 0 Å². The van der Waals surface area contributed by atoms with Crippen molar-refractivity contribution in [3.63, 3.8) is 0 Å². The second-order valence-corrected chi connectivity index (χ2v) is 8.23. The van der Waals surface area contributed by atoms with Gasteiger partial charge in [-0.2, -0.15) is 5.10 Å². The highest BCUT2D eigenvalue weighted by molar-refractivity contribution is 5.83. The maximum Gasteiger partial charge on any atom is 0.169 e. The number of pyridine rings is 2. The van der Waals surface area contributed by atoms with Gasteiger partial charge < -0.3 is 10.6 Å². The van der Waals surface area contributed by atoms with Crippen LogP contribution in [0.5, 0.6) is 0 Å². The third-order valence-corrected chi connectivity index (χ3v) is 6.17. The Hall–Kier alpha value is -2.90. The van der Waals surface area contributed by atoms with Crippen molar-refractivity contribution in [3.8, 4) is 11.3 Å². The topological polar surface area (TPSA) is 85.2 Å². The molecule has 0 spiro atoms. The molecule has 5 rings (SSSR count). The first-order valence-corrected chi connectivity index (χ1v) is 10.1. The van der Waals surface area contributed by atoms with E-state index in [4.69, 9.17) is 15.8 Å². The van der Waals surface area contributed by atoms with Crippen LogP contribution in [-0.2, 0) is 5.54 Å².